The van der Waals surface area contributed by atoms with E-state index in [2.05, 4.69) is 15.6 Å². The number of carbonyl (C=O) groups excluding carboxylic acids is 1. The van der Waals surface area contributed by atoms with Gasteiger partial charge in [-0.25, -0.2) is 4.98 Å². The van der Waals surface area contributed by atoms with Gasteiger partial charge in [0.25, 0.3) is 5.91 Å². The van der Waals surface area contributed by atoms with Crippen LogP contribution >= 0.6 is 0 Å². The highest BCUT2D eigenvalue weighted by Crippen LogP contribution is 2.28. The summed E-state index contributed by atoms with van der Waals surface area (Å²) in [5, 5.41) is 0. The first kappa shape index (κ1) is 13.1. The van der Waals surface area contributed by atoms with Crippen LogP contribution in [0.1, 0.15) is 28.8 Å². The average Bonchev–Trinajstić information content (AvgIpc) is 3.25. The molecule has 1 unspecified atom stereocenters. The number of fused-ring (bicyclic) bond motifs is 1. The van der Waals surface area contributed by atoms with Gasteiger partial charge in [-0.3, -0.25) is 4.79 Å². The Bertz CT molecular complexity index is 820. The molecule has 5 nitrogen and oxygen atoms in total. The third-order valence-electron chi connectivity index (χ3n) is 4.32. The number of hydrogen-bond acceptors (Lipinski definition) is 3. The van der Waals surface area contributed by atoms with Crippen molar-refractivity contribution in [3.05, 3.63) is 54.2 Å². The lowest BCUT2D eigenvalue weighted by molar-refractivity contribution is 0.0756. The molecule has 22 heavy (non-hydrogen) atoms. The summed E-state index contributed by atoms with van der Waals surface area (Å²) in [6, 6.07) is 11.9. The molecule has 3 heterocycles. The molecular formula is C17H17N3O2. The fourth-order valence-corrected chi connectivity index (χ4v) is 3.32. The van der Waals surface area contributed by atoms with Crippen LogP contribution in [0.2, 0.25) is 0 Å². The van der Waals surface area contributed by atoms with Gasteiger partial charge < -0.3 is 13.9 Å². The van der Waals surface area contributed by atoms with Crippen molar-refractivity contribution in [1.29, 1.82) is 0 Å². The van der Waals surface area contributed by atoms with Crippen molar-refractivity contribution in [2.24, 2.45) is 0 Å². The normalized spacial score (nSPS) is 18.2. The van der Waals surface area contributed by atoms with Gasteiger partial charge in [0.1, 0.15) is 5.82 Å². The van der Waals surface area contributed by atoms with Crippen LogP contribution in [-0.2, 0) is 0 Å². The summed E-state index contributed by atoms with van der Waals surface area (Å²) in [7, 11) is 0. The van der Waals surface area contributed by atoms with Gasteiger partial charge in [-0.2, -0.15) is 0 Å². The predicted molar refractivity (Wildman–Crippen MR) is 82.7 cm³/mol. The molecule has 0 radical (unpaired) electrons. The number of aryl methyl sites for hydroxylation is 1. The van der Waals surface area contributed by atoms with Crippen molar-refractivity contribution in [3.63, 3.8) is 0 Å². The molecule has 5 heteroatoms. The van der Waals surface area contributed by atoms with Crippen molar-refractivity contribution in [3.8, 4) is 0 Å². The number of benzene rings is 1. The van der Waals surface area contributed by atoms with Crippen molar-refractivity contribution in [2.45, 2.75) is 19.4 Å². The molecule has 1 aliphatic heterocycles. The highest BCUT2D eigenvalue weighted by molar-refractivity contribution is 5.91. The first-order chi connectivity index (χ1) is 10.7. The number of para-hydroxylation sites is 2. The Hall–Kier alpha value is -2.56. The molecular weight excluding hydrogens is 278 g/mol. The van der Waals surface area contributed by atoms with Crippen LogP contribution < -0.4 is 0 Å². The predicted octanol–water partition coefficient (Wildman–Crippen LogP) is 3.02. The van der Waals surface area contributed by atoms with E-state index in [1.54, 1.807) is 12.1 Å². The molecule has 0 spiro atoms. The zero-order chi connectivity index (χ0) is 15.1. The van der Waals surface area contributed by atoms with E-state index in [1.165, 1.54) is 6.26 Å². The van der Waals surface area contributed by atoms with Crippen LogP contribution in [0.5, 0.6) is 0 Å². The Morgan fingerprint density at radius 3 is 2.95 bits per heavy atom. The Kier molecular flexibility index (Phi) is 2.99. The van der Waals surface area contributed by atoms with Crippen molar-refractivity contribution >= 4 is 16.9 Å². The summed E-state index contributed by atoms with van der Waals surface area (Å²) in [6.45, 7) is 3.47. The van der Waals surface area contributed by atoms with Crippen LogP contribution in [0.4, 0.5) is 0 Å². The third kappa shape index (κ3) is 2.01. The minimum atomic E-state index is -0.0328. The highest BCUT2D eigenvalue weighted by Gasteiger charge is 2.30. The van der Waals surface area contributed by atoms with Crippen LogP contribution in [0.25, 0.3) is 11.0 Å². The third-order valence-corrected chi connectivity index (χ3v) is 4.32. The number of imidazole rings is 1. The van der Waals surface area contributed by atoms with E-state index < -0.39 is 0 Å². The van der Waals surface area contributed by atoms with Gasteiger partial charge in [-0.1, -0.05) is 12.1 Å². The van der Waals surface area contributed by atoms with Gasteiger partial charge in [0, 0.05) is 13.1 Å². The summed E-state index contributed by atoms with van der Waals surface area (Å²) in [6.07, 6.45) is 2.47. The molecule has 1 amide bonds. The van der Waals surface area contributed by atoms with E-state index in [4.69, 9.17) is 4.42 Å². The molecule has 3 aromatic rings. The summed E-state index contributed by atoms with van der Waals surface area (Å²) >= 11 is 0. The Morgan fingerprint density at radius 2 is 2.14 bits per heavy atom. The second-order valence-corrected chi connectivity index (χ2v) is 5.69. The minimum Gasteiger partial charge on any atom is -0.459 e. The monoisotopic (exact) mass is 295 g/mol. The quantitative estimate of drug-likeness (QED) is 0.730. The van der Waals surface area contributed by atoms with E-state index in [0.29, 0.717) is 12.3 Å². The first-order valence-corrected chi connectivity index (χ1v) is 7.50. The van der Waals surface area contributed by atoms with E-state index >= 15 is 0 Å². The molecule has 1 atom stereocenters. The summed E-state index contributed by atoms with van der Waals surface area (Å²) in [5.41, 5.74) is 2.15. The summed E-state index contributed by atoms with van der Waals surface area (Å²) < 4.78 is 7.47. The van der Waals surface area contributed by atoms with Crippen LogP contribution in [0.3, 0.4) is 0 Å². The molecule has 0 N–H and O–H groups in total. The molecule has 0 aliphatic carbocycles. The molecule has 0 bridgehead atoms. The lowest BCUT2D eigenvalue weighted by Gasteiger charge is -2.17. The topological polar surface area (TPSA) is 51.3 Å². The maximum absolute atomic E-state index is 12.4. The minimum absolute atomic E-state index is 0.0328. The SMILES string of the molecule is Cc1nc2ccccc2n1C1CCN(C(=O)c2ccco2)C1. The van der Waals surface area contributed by atoms with E-state index in [-0.39, 0.29) is 11.9 Å². The number of carbonyl (C=O) groups is 1. The molecule has 112 valence electrons. The number of furan rings is 1. The largest absolute Gasteiger partial charge is 0.459 e. The van der Waals surface area contributed by atoms with Crippen molar-refractivity contribution in [1.82, 2.24) is 14.5 Å². The van der Waals surface area contributed by atoms with Gasteiger partial charge in [-0.15, -0.1) is 0 Å². The first-order valence-electron chi connectivity index (χ1n) is 7.50. The molecule has 1 aromatic carbocycles. The zero-order valence-corrected chi connectivity index (χ0v) is 12.4. The Balaban J connectivity index is 1.62. The molecule has 1 aliphatic rings. The van der Waals surface area contributed by atoms with Crippen molar-refractivity contribution < 1.29 is 9.21 Å². The van der Waals surface area contributed by atoms with Crippen LogP contribution in [0, 0.1) is 6.92 Å². The maximum Gasteiger partial charge on any atom is 0.289 e. The maximum atomic E-state index is 12.4. The second-order valence-electron chi connectivity index (χ2n) is 5.69. The molecule has 0 saturated carbocycles. The van der Waals surface area contributed by atoms with E-state index in [0.717, 1.165) is 29.8 Å². The van der Waals surface area contributed by atoms with Crippen molar-refractivity contribution in [2.75, 3.05) is 13.1 Å². The van der Waals surface area contributed by atoms with E-state index in [9.17, 15) is 4.79 Å². The number of hydrogen-bond donors (Lipinski definition) is 0. The molecule has 2 aromatic heterocycles. The fourth-order valence-electron chi connectivity index (χ4n) is 3.32. The van der Waals surface area contributed by atoms with Crippen LogP contribution in [-0.4, -0.2) is 33.4 Å². The number of rotatable bonds is 2. The lowest BCUT2D eigenvalue weighted by Crippen LogP contribution is -2.28. The second kappa shape index (κ2) is 5.02. The standard InChI is InChI=1S/C17H17N3O2/c1-12-18-14-5-2-3-6-15(14)20(12)13-8-9-19(11-13)17(21)16-7-4-10-22-16/h2-7,10,13H,8-9,11H2,1H3. The molecule has 1 fully saturated rings. The van der Waals surface area contributed by atoms with E-state index in [1.807, 2.05) is 30.0 Å². The Morgan fingerprint density at radius 1 is 1.27 bits per heavy atom. The number of likely N-dealkylation sites (tertiary alicyclic amines) is 1. The number of aromatic nitrogens is 2. The number of amides is 1. The highest BCUT2D eigenvalue weighted by atomic mass is 16.3. The van der Waals surface area contributed by atoms with Gasteiger partial charge in [0.05, 0.1) is 23.3 Å². The smallest absolute Gasteiger partial charge is 0.289 e. The van der Waals surface area contributed by atoms with Gasteiger partial charge in [0.15, 0.2) is 5.76 Å². The van der Waals surface area contributed by atoms with Gasteiger partial charge >= 0.3 is 0 Å². The van der Waals surface area contributed by atoms with Crippen LogP contribution in [0.15, 0.2) is 47.1 Å². The number of nitrogens with zero attached hydrogens (tertiary/aromatic N) is 3. The summed E-state index contributed by atoms with van der Waals surface area (Å²) in [5.74, 6) is 1.38. The van der Waals surface area contributed by atoms with Gasteiger partial charge in [-0.05, 0) is 37.6 Å². The fraction of sp³-hybridized carbons (Fsp3) is 0.294. The average molecular weight is 295 g/mol. The lowest BCUT2D eigenvalue weighted by atomic mass is 10.2. The summed E-state index contributed by atoms with van der Waals surface area (Å²) in [4.78, 5) is 18.9. The molecule has 4 rings (SSSR count). The van der Waals surface area contributed by atoms with Gasteiger partial charge in [0.2, 0.25) is 0 Å². The zero-order valence-electron chi connectivity index (χ0n) is 12.4. The molecule has 1 saturated heterocycles. The Labute approximate surface area is 128 Å².